The molecule has 1 aromatic carbocycles. The van der Waals surface area contributed by atoms with E-state index in [0.717, 1.165) is 5.69 Å². The van der Waals surface area contributed by atoms with Crippen LogP contribution in [0, 0.1) is 11.3 Å². The summed E-state index contributed by atoms with van der Waals surface area (Å²) < 4.78 is 1.62. The third kappa shape index (κ3) is 2.96. The van der Waals surface area contributed by atoms with Gasteiger partial charge in [-0.05, 0) is 22.6 Å². The Morgan fingerprint density at radius 1 is 1.41 bits per heavy atom. The van der Waals surface area contributed by atoms with Crippen LogP contribution in [0.15, 0.2) is 35.5 Å². The molecule has 0 N–H and O–H groups in total. The highest BCUT2D eigenvalue weighted by molar-refractivity contribution is 7.99. The number of halogens is 1. The fraction of sp³-hybridized carbons (Fsp3) is 0.200. The lowest BCUT2D eigenvalue weighted by Crippen LogP contribution is -2.02. The van der Waals surface area contributed by atoms with E-state index in [-0.39, 0.29) is 0 Å². The maximum atomic E-state index is 8.60. The molecule has 1 atom stereocenters. The quantitative estimate of drug-likeness (QED) is 0.624. The summed E-state index contributed by atoms with van der Waals surface area (Å²) in [5.41, 5.74) is 0.878. The zero-order valence-corrected chi connectivity index (χ0v) is 10.3. The van der Waals surface area contributed by atoms with Gasteiger partial charge in [-0.15, -0.1) is 16.7 Å². The highest BCUT2D eigenvalue weighted by Gasteiger charge is 2.11. The largest absolute Gasteiger partial charge is 0.214 e. The molecule has 0 saturated heterocycles. The van der Waals surface area contributed by atoms with Gasteiger partial charge in [-0.25, -0.2) is 0 Å². The van der Waals surface area contributed by atoms with E-state index in [1.165, 1.54) is 11.8 Å². The summed E-state index contributed by atoms with van der Waals surface area (Å²) in [5, 5.41) is 20.1. The summed E-state index contributed by atoms with van der Waals surface area (Å²) in [5.74, 6) is 0.450. The average Bonchev–Trinajstić information content (AvgIpc) is 2.85. The molecule has 1 heterocycles. The standard InChI is InChI=1S/C10H8ClN5S/c11-8(6-12)7-17-10-13-14-15-16(10)9-4-2-1-3-5-9/h1-5,8H,7H2. The molecule has 0 amide bonds. The zero-order chi connectivity index (χ0) is 12.1. The van der Waals surface area contributed by atoms with Crippen molar-refractivity contribution in [2.45, 2.75) is 10.5 Å². The van der Waals surface area contributed by atoms with Crippen LogP contribution in [0.4, 0.5) is 0 Å². The zero-order valence-electron chi connectivity index (χ0n) is 8.69. The van der Waals surface area contributed by atoms with Crippen LogP contribution in [0.5, 0.6) is 0 Å². The number of nitrogens with zero attached hydrogens (tertiary/aromatic N) is 5. The second-order valence-corrected chi connectivity index (χ2v) is 4.63. The highest BCUT2D eigenvalue weighted by Crippen LogP contribution is 2.19. The first-order valence-corrected chi connectivity index (χ1v) is 6.24. The Bertz CT molecular complexity index is 521. The van der Waals surface area contributed by atoms with Gasteiger partial charge >= 0.3 is 0 Å². The third-order valence-corrected chi connectivity index (χ3v) is 3.39. The molecule has 1 unspecified atom stereocenters. The van der Waals surface area contributed by atoms with Gasteiger partial charge in [-0.2, -0.15) is 9.94 Å². The topological polar surface area (TPSA) is 67.4 Å². The Labute approximate surface area is 107 Å². The van der Waals surface area contributed by atoms with Crippen molar-refractivity contribution in [3.05, 3.63) is 30.3 Å². The third-order valence-electron chi connectivity index (χ3n) is 1.94. The monoisotopic (exact) mass is 265 g/mol. The van der Waals surface area contributed by atoms with Crippen LogP contribution in [-0.4, -0.2) is 31.3 Å². The predicted molar refractivity (Wildman–Crippen MR) is 65.1 cm³/mol. The van der Waals surface area contributed by atoms with Crippen LogP contribution < -0.4 is 0 Å². The molecular formula is C10H8ClN5S. The van der Waals surface area contributed by atoms with E-state index in [2.05, 4.69) is 15.5 Å². The molecular weight excluding hydrogens is 258 g/mol. The number of benzene rings is 1. The molecule has 0 spiro atoms. The molecule has 86 valence electrons. The SMILES string of the molecule is N#CC(Cl)CSc1nnnn1-c1ccccc1. The van der Waals surface area contributed by atoms with E-state index < -0.39 is 5.38 Å². The molecule has 0 aliphatic carbocycles. The summed E-state index contributed by atoms with van der Waals surface area (Å²) in [6.07, 6.45) is 0. The van der Waals surface area contributed by atoms with Crippen molar-refractivity contribution >= 4 is 23.4 Å². The number of hydrogen-bond donors (Lipinski definition) is 0. The molecule has 0 bridgehead atoms. The lowest BCUT2D eigenvalue weighted by atomic mass is 10.3. The lowest BCUT2D eigenvalue weighted by molar-refractivity contribution is 0.756. The van der Waals surface area contributed by atoms with E-state index in [1.54, 1.807) is 4.68 Å². The van der Waals surface area contributed by atoms with Gasteiger partial charge < -0.3 is 0 Å². The first-order chi connectivity index (χ1) is 8.31. The highest BCUT2D eigenvalue weighted by atomic mass is 35.5. The first-order valence-electron chi connectivity index (χ1n) is 4.81. The van der Waals surface area contributed by atoms with E-state index in [9.17, 15) is 0 Å². The van der Waals surface area contributed by atoms with Gasteiger partial charge in [0, 0.05) is 5.75 Å². The number of rotatable bonds is 4. The number of tetrazole rings is 1. The minimum atomic E-state index is -0.541. The Balaban J connectivity index is 2.16. The number of aromatic nitrogens is 4. The van der Waals surface area contributed by atoms with Crippen molar-refractivity contribution in [1.29, 1.82) is 5.26 Å². The maximum Gasteiger partial charge on any atom is 0.214 e. The molecule has 2 aromatic rings. The van der Waals surface area contributed by atoms with Gasteiger partial charge in [0.25, 0.3) is 0 Å². The van der Waals surface area contributed by atoms with Gasteiger partial charge in [0.05, 0.1) is 11.8 Å². The van der Waals surface area contributed by atoms with Crippen LogP contribution >= 0.6 is 23.4 Å². The van der Waals surface area contributed by atoms with E-state index in [0.29, 0.717) is 10.9 Å². The van der Waals surface area contributed by atoms with Gasteiger partial charge in [0.1, 0.15) is 5.38 Å². The van der Waals surface area contributed by atoms with Crippen molar-refractivity contribution in [2.75, 3.05) is 5.75 Å². The van der Waals surface area contributed by atoms with Gasteiger partial charge in [-0.3, -0.25) is 0 Å². The number of hydrogen-bond acceptors (Lipinski definition) is 5. The second kappa shape index (κ2) is 5.66. The number of alkyl halides is 1. The molecule has 0 radical (unpaired) electrons. The van der Waals surface area contributed by atoms with Crippen molar-refractivity contribution in [3.8, 4) is 11.8 Å². The van der Waals surface area contributed by atoms with Crippen LogP contribution in [-0.2, 0) is 0 Å². The van der Waals surface area contributed by atoms with E-state index in [1.807, 2.05) is 36.4 Å². The van der Waals surface area contributed by atoms with Crippen molar-refractivity contribution in [1.82, 2.24) is 20.2 Å². The normalized spacial score (nSPS) is 12.0. The minimum Gasteiger partial charge on any atom is -0.197 e. The summed E-state index contributed by atoms with van der Waals surface area (Å²) >= 11 is 7.07. The Kier molecular flexibility index (Phi) is 3.96. The fourth-order valence-electron chi connectivity index (χ4n) is 1.19. The molecule has 2 rings (SSSR count). The number of para-hydroxylation sites is 1. The Hall–Kier alpha value is -1.58. The van der Waals surface area contributed by atoms with Crippen LogP contribution in [0.3, 0.4) is 0 Å². The van der Waals surface area contributed by atoms with E-state index in [4.69, 9.17) is 16.9 Å². The van der Waals surface area contributed by atoms with Crippen molar-refractivity contribution < 1.29 is 0 Å². The van der Waals surface area contributed by atoms with Gasteiger partial charge in [0.2, 0.25) is 5.16 Å². The molecule has 7 heteroatoms. The molecule has 0 aliphatic rings. The molecule has 0 saturated carbocycles. The van der Waals surface area contributed by atoms with Crippen LogP contribution in [0.25, 0.3) is 5.69 Å². The van der Waals surface area contributed by atoms with Gasteiger partial charge in [-0.1, -0.05) is 30.0 Å². The number of nitriles is 1. The maximum absolute atomic E-state index is 8.60. The molecule has 0 fully saturated rings. The lowest BCUT2D eigenvalue weighted by Gasteiger charge is -2.03. The van der Waals surface area contributed by atoms with Crippen LogP contribution in [0.1, 0.15) is 0 Å². The predicted octanol–water partition coefficient (Wildman–Crippen LogP) is 1.89. The molecule has 5 nitrogen and oxygen atoms in total. The summed E-state index contributed by atoms with van der Waals surface area (Å²) in [7, 11) is 0. The summed E-state index contributed by atoms with van der Waals surface area (Å²) in [6, 6.07) is 11.5. The number of thioether (sulfide) groups is 1. The van der Waals surface area contributed by atoms with Crippen LogP contribution in [0.2, 0.25) is 0 Å². The van der Waals surface area contributed by atoms with Crippen molar-refractivity contribution in [2.24, 2.45) is 0 Å². The smallest absolute Gasteiger partial charge is 0.197 e. The molecule has 1 aromatic heterocycles. The molecule has 0 aliphatic heterocycles. The average molecular weight is 266 g/mol. The molecule has 17 heavy (non-hydrogen) atoms. The summed E-state index contributed by atoms with van der Waals surface area (Å²) in [6.45, 7) is 0. The Morgan fingerprint density at radius 3 is 2.88 bits per heavy atom. The fourth-order valence-corrected chi connectivity index (χ4v) is 2.10. The second-order valence-electron chi connectivity index (χ2n) is 3.12. The summed E-state index contributed by atoms with van der Waals surface area (Å²) in [4.78, 5) is 0. The van der Waals surface area contributed by atoms with E-state index >= 15 is 0 Å². The van der Waals surface area contributed by atoms with Gasteiger partial charge in [0.15, 0.2) is 0 Å². The Morgan fingerprint density at radius 2 is 2.18 bits per heavy atom. The minimum absolute atomic E-state index is 0.450. The van der Waals surface area contributed by atoms with Crippen molar-refractivity contribution in [3.63, 3.8) is 0 Å². The first kappa shape index (κ1) is 11.9.